The van der Waals surface area contributed by atoms with Crippen molar-refractivity contribution >= 4 is 0 Å². The van der Waals surface area contributed by atoms with Crippen molar-refractivity contribution in [2.75, 3.05) is 39.8 Å². The summed E-state index contributed by atoms with van der Waals surface area (Å²) in [6.07, 6.45) is 3.43. The molecule has 0 aliphatic carbocycles. The first-order valence-electron chi connectivity index (χ1n) is 8.18. The fourth-order valence-corrected chi connectivity index (χ4v) is 3.44. The molecule has 0 amide bonds. The topological polar surface area (TPSA) is 66.2 Å². The smallest absolute Gasteiger partial charge is 0.226 e. The Hall–Kier alpha value is -0.980. The molecule has 2 aliphatic rings. The third-order valence-electron chi connectivity index (χ3n) is 4.98. The number of nitrogens with one attached hydrogen (secondary N) is 2. The van der Waals surface area contributed by atoms with Crippen LogP contribution in [0.5, 0.6) is 0 Å². The summed E-state index contributed by atoms with van der Waals surface area (Å²) in [6, 6.07) is 0.241. The lowest BCUT2D eigenvalue weighted by atomic mass is 9.84. The second kappa shape index (κ2) is 6.85. The van der Waals surface area contributed by atoms with Crippen molar-refractivity contribution in [1.29, 1.82) is 0 Å². The summed E-state index contributed by atoms with van der Waals surface area (Å²) in [6.45, 7) is 7.56. The van der Waals surface area contributed by atoms with E-state index in [2.05, 4.69) is 39.6 Å². The number of likely N-dealkylation sites (N-methyl/N-ethyl adjacent to an activating group) is 1. The number of hydrogen-bond acceptors (Lipinski definition) is 6. The number of rotatable bonds is 4. The molecule has 2 saturated heterocycles. The van der Waals surface area contributed by atoms with Gasteiger partial charge >= 0.3 is 0 Å². The van der Waals surface area contributed by atoms with Gasteiger partial charge in [0.1, 0.15) is 0 Å². The average molecular weight is 293 g/mol. The Kier molecular flexibility index (Phi) is 4.87. The molecule has 2 N–H and O–H groups in total. The highest BCUT2D eigenvalue weighted by Crippen LogP contribution is 2.25. The third-order valence-corrected chi connectivity index (χ3v) is 4.98. The molecule has 2 atom stereocenters. The van der Waals surface area contributed by atoms with E-state index in [0.717, 1.165) is 56.8 Å². The number of aromatic nitrogens is 2. The van der Waals surface area contributed by atoms with Crippen molar-refractivity contribution < 1.29 is 4.52 Å². The quantitative estimate of drug-likeness (QED) is 0.857. The van der Waals surface area contributed by atoms with Crippen molar-refractivity contribution in [2.45, 2.75) is 32.2 Å². The molecular weight excluding hydrogens is 266 g/mol. The molecule has 0 bridgehead atoms. The van der Waals surface area contributed by atoms with E-state index < -0.39 is 0 Å². The molecule has 0 saturated carbocycles. The highest BCUT2D eigenvalue weighted by Gasteiger charge is 2.27. The van der Waals surface area contributed by atoms with Crippen LogP contribution >= 0.6 is 0 Å². The second-order valence-electron chi connectivity index (χ2n) is 6.52. The van der Waals surface area contributed by atoms with Crippen molar-refractivity contribution in [3.05, 3.63) is 11.7 Å². The first kappa shape index (κ1) is 14.9. The largest absolute Gasteiger partial charge is 0.339 e. The molecule has 6 heteroatoms. The Balaban J connectivity index is 1.59. The molecule has 6 nitrogen and oxygen atoms in total. The Bertz CT molecular complexity index is 443. The minimum atomic E-state index is 0.241. The van der Waals surface area contributed by atoms with E-state index >= 15 is 0 Å². The fourth-order valence-electron chi connectivity index (χ4n) is 3.44. The molecule has 0 aromatic carbocycles. The predicted molar refractivity (Wildman–Crippen MR) is 81.0 cm³/mol. The van der Waals surface area contributed by atoms with E-state index in [4.69, 9.17) is 4.52 Å². The Labute approximate surface area is 126 Å². The van der Waals surface area contributed by atoms with Crippen LogP contribution < -0.4 is 10.6 Å². The molecule has 2 unspecified atom stereocenters. The van der Waals surface area contributed by atoms with E-state index in [0.29, 0.717) is 5.92 Å². The standard InChI is InChI=1S/C15H27N5O/c1-11(12-3-5-16-6-4-12)9-14-18-15(19-21-14)13-10-17-7-8-20(13)2/h11-13,16-17H,3-10H2,1-2H3. The normalized spacial score (nSPS) is 26.9. The van der Waals surface area contributed by atoms with Gasteiger partial charge in [0.15, 0.2) is 5.82 Å². The van der Waals surface area contributed by atoms with Gasteiger partial charge in [-0.1, -0.05) is 12.1 Å². The molecule has 0 spiro atoms. The van der Waals surface area contributed by atoms with E-state index in [1.165, 1.54) is 12.8 Å². The van der Waals surface area contributed by atoms with Gasteiger partial charge in [-0.15, -0.1) is 0 Å². The summed E-state index contributed by atoms with van der Waals surface area (Å²) in [5.74, 6) is 3.02. The van der Waals surface area contributed by atoms with Crippen LogP contribution in [0, 0.1) is 11.8 Å². The van der Waals surface area contributed by atoms with Crippen LogP contribution in [0.3, 0.4) is 0 Å². The summed E-state index contributed by atoms with van der Waals surface area (Å²) in [5, 5.41) is 11.0. The van der Waals surface area contributed by atoms with Gasteiger partial charge in [0, 0.05) is 26.1 Å². The maximum Gasteiger partial charge on any atom is 0.226 e. The van der Waals surface area contributed by atoms with Crippen LogP contribution in [-0.2, 0) is 6.42 Å². The first-order chi connectivity index (χ1) is 10.2. The molecule has 2 aliphatic heterocycles. The maximum atomic E-state index is 5.50. The lowest BCUT2D eigenvalue weighted by Gasteiger charge is -2.30. The van der Waals surface area contributed by atoms with Crippen LogP contribution in [0.4, 0.5) is 0 Å². The predicted octanol–water partition coefficient (Wildman–Crippen LogP) is 0.824. The maximum absolute atomic E-state index is 5.50. The third kappa shape index (κ3) is 3.62. The molecule has 1 aromatic rings. The van der Waals surface area contributed by atoms with Gasteiger partial charge in [-0.2, -0.15) is 4.98 Å². The van der Waals surface area contributed by atoms with Crippen LogP contribution in [-0.4, -0.2) is 54.8 Å². The van der Waals surface area contributed by atoms with E-state index in [-0.39, 0.29) is 6.04 Å². The zero-order valence-corrected chi connectivity index (χ0v) is 13.1. The zero-order valence-electron chi connectivity index (χ0n) is 13.1. The van der Waals surface area contributed by atoms with Crippen molar-refractivity contribution in [3.63, 3.8) is 0 Å². The fraction of sp³-hybridized carbons (Fsp3) is 0.867. The molecule has 21 heavy (non-hydrogen) atoms. The van der Waals surface area contributed by atoms with Crippen LogP contribution in [0.25, 0.3) is 0 Å². The highest BCUT2D eigenvalue weighted by molar-refractivity contribution is 4.98. The van der Waals surface area contributed by atoms with Crippen LogP contribution in [0.2, 0.25) is 0 Å². The lowest BCUT2D eigenvalue weighted by Crippen LogP contribution is -2.44. The van der Waals surface area contributed by atoms with Crippen molar-refractivity contribution in [1.82, 2.24) is 25.7 Å². The lowest BCUT2D eigenvalue weighted by molar-refractivity contribution is 0.190. The second-order valence-corrected chi connectivity index (χ2v) is 6.52. The minimum Gasteiger partial charge on any atom is -0.339 e. The van der Waals surface area contributed by atoms with E-state index in [9.17, 15) is 0 Å². The molecule has 118 valence electrons. The van der Waals surface area contributed by atoms with Crippen molar-refractivity contribution in [2.24, 2.45) is 11.8 Å². The van der Waals surface area contributed by atoms with Gasteiger partial charge in [0.2, 0.25) is 5.89 Å². The Morgan fingerprint density at radius 2 is 2.10 bits per heavy atom. The van der Waals surface area contributed by atoms with Gasteiger partial charge in [-0.3, -0.25) is 4.90 Å². The van der Waals surface area contributed by atoms with Crippen molar-refractivity contribution in [3.8, 4) is 0 Å². The number of piperidine rings is 1. The minimum absolute atomic E-state index is 0.241. The summed E-state index contributed by atoms with van der Waals surface area (Å²) in [7, 11) is 2.12. The monoisotopic (exact) mass is 293 g/mol. The van der Waals surface area contributed by atoms with E-state index in [1.54, 1.807) is 0 Å². The van der Waals surface area contributed by atoms with Crippen LogP contribution in [0.15, 0.2) is 4.52 Å². The summed E-state index contributed by atoms with van der Waals surface area (Å²) >= 11 is 0. The summed E-state index contributed by atoms with van der Waals surface area (Å²) in [5.41, 5.74) is 0. The molecule has 3 rings (SSSR count). The number of nitrogens with zero attached hydrogens (tertiary/aromatic N) is 3. The molecule has 3 heterocycles. The SMILES string of the molecule is CC(Cc1nc(C2CNCCN2C)no1)C1CCNCC1. The van der Waals surface area contributed by atoms with Gasteiger partial charge < -0.3 is 15.2 Å². The Morgan fingerprint density at radius 3 is 2.86 bits per heavy atom. The first-order valence-corrected chi connectivity index (χ1v) is 8.18. The van der Waals surface area contributed by atoms with Crippen LogP contribution in [0.1, 0.15) is 37.5 Å². The van der Waals surface area contributed by atoms with Gasteiger partial charge in [-0.25, -0.2) is 0 Å². The number of hydrogen-bond donors (Lipinski definition) is 2. The van der Waals surface area contributed by atoms with Gasteiger partial charge in [0.05, 0.1) is 6.04 Å². The molecule has 0 radical (unpaired) electrons. The molecular formula is C15H27N5O. The molecule has 1 aromatic heterocycles. The average Bonchev–Trinajstić information content (AvgIpc) is 2.97. The Morgan fingerprint density at radius 1 is 1.29 bits per heavy atom. The van der Waals surface area contributed by atoms with E-state index in [1.807, 2.05) is 0 Å². The van der Waals surface area contributed by atoms with Gasteiger partial charge in [-0.05, 0) is 44.8 Å². The number of piperazine rings is 1. The highest BCUT2D eigenvalue weighted by atomic mass is 16.5. The van der Waals surface area contributed by atoms with Gasteiger partial charge in [0.25, 0.3) is 0 Å². The summed E-state index contributed by atoms with van der Waals surface area (Å²) in [4.78, 5) is 6.94. The zero-order chi connectivity index (χ0) is 14.7. The molecule has 2 fully saturated rings. The summed E-state index contributed by atoms with van der Waals surface area (Å²) < 4.78 is 5.50.